The Morgan fingerprint density at radius 3 is 2.54 bits per heavy atom. The first-order valence-electron chi connectivity index (χ1n) is 8.49. The van der Waals surface area contributed by atoms with E-state index in [2.05, 4.69) is 15.8 Å². The fourth-order valence-electron chi connectivity index (χ4n) is 2.74. The van der Waals surface area contributed by atoms with Crippen LogP contribution in [0, 0.1) is 13.8 Å². The van der Waals surface area contributed by atoms with Gasteiger partial charge in [-0.3, -0.25) is 4.79 Å². The highest BCUT2D eigenvalue weighted by Crippen LogP contribution is 2.31. The Balaban J connectivity index is 1.79. The number of hydrogen-bond acceptors (Lipinski definition) is 4. The average molecular weight is 389 g/mol. The molecule has 1 amide bonds. The van der Waals surface area contributed by atoms with Crippen LogP contribution in [0.3, 0.4) is 0 Å². The molecule has 2 aromatic carbocycles. The normalized spacial score (nSPS) is 11.3. The van der Waals surface area contributed by atoms with Gasteiger partial charge in [-0.15, -0.1) is 0 Å². The minimum absolute atomic E-state index is 0.234. The lowest BCUT2D eigenvalue weighted by Gasteiger charge is -2.14. The molecule has 0 aliphatic rings. The molecule has 3 aromatic rings. The summed E-state index contributed by atoms with van der Waals surface area (Å²) in [6.45, 7) is 3.77. The molecule has 28 heavy (non-hydrogen) atoms. The van der Waals surface area contributed by atoms with Crippen molar-refractivity contribution in [1.82, 2.24) is 10.5 Å². The maximum atomic E-state index is 12.9. The summed E-state index contributed by atoms with van der Waals surface area (Å²) in [4.78, 5) is 12.6. The Morgan fingerprint density at radius 2 is 1.86 bits per heavy atom. The number of aromatic nitrogens is 1. The van der Waals surface area contributed by atoms with Crippen LogP contribution in [0.15, 0.2) is 53.1 Å². The van der Waals surface area contributed by atoms with Crippen LogP contribution in [0.25, 0.3) is 0 Å². The summed E-state index contributed by atoms with van der Waals surface area (Å²) in [5.74, 6) is 0.253. The average Bonchev–Trinajstić information content (AvgIpc) is 2.97. The van der Waals surface area contributed by atoms with E-state index in [9.17, 15) is 18.0 Å². The predicted molar refractivity (Wildman–Crippen MR) is 98.3 cm³/mol. The third-order valence-corrected chi connectivity index (χ3v) is 4.25. The molecule has 0 bridgehead atoms. The van der Waals surface area contributed by atoms with E-state index in [1.165, 1.54) is 12.1 Å². The fraction of sp³-hybridized carbons (Fsp3) is 0.200. The summed E-state index contributed by atoms with van der Waals surface area (Å²) >= 11 is 0. The summed E-state index contributed by atoms with van der Waals surface area (Å²) in [6.07, 6.45) is -4.44. The zero-order valence-electron chi connectivity index (χ0n) is 15.2. The van der Waals surface area contributed by atoms with Crippen molar-refractivity contribution >= 4 is 17.3 Å². The number of carbonyl (C=O) groups excluding carboxylic acids is 1. The lowest BCUT2D eigenvalue weighted by molar-refractivity contribution is -0.137. The molecule has 0 spiro atoms. The Hall–Kier alpha value is -3.29. The van der Waals surface area contributed by atoms with Crippen molar-refractivity contribution in [3.8, 4) is 0 Å². The van der Waals surface area contributed by atoms with E-state index >= 15 is 0 Å². The Kier molecular flexibility index (Phi) is 5.39. The van der Waals surface area contributed by atoms with Gasteiger partial charge in [0.05, 0.1) is 22.5 Å². The van der Waals surface area contributed by atoms with E-state index in [0.29, 0.717) is 22.7 Å². The Bertz CT molecular complexity index is 977. The van der Waals surface area contributed by atoms with Crippen LogP contribution < -0.4 is 10.6 Å². The number of alkyl halides is 3. The van der Waals surface area contributed by atoms with Crippen molar-refractivity contribution in [1.29, 1.82) is 0 Å². The van der Waals surface area contributed by atoms with Gasteiger partial charge in [0.1, 0.15) is 5.76 Å². The molecular formula is C20H18F3N3O2. The van der Waals surface area contributed by atoms with Crippen molar-refractivity contribution in [2.45, 2.75) is 26.6 Å². The second-order valence-electron chi connectivity index (χ2n) is 6.23. The number of amides is 1. The van der Waals surface area contributed by atoms with E-state index in [-0.39, 0.29) is 18.1 Å². The second kappa shape index (κ2) is 7.75. The molecule has 0 atom stereocenters. The first kappa shape index (κ1) is 19.5. The molecule has 146 valence electrons. The molecule has 0 fully saturated rings. The number of para-hydroxylation sites is 1. The second-order valence-corrected chi connectivity index (χ2v) is 6.23. The summed E-state index contributed by atoms with van der Waals surface area (Å²) < 4.78 is 43.8. The van der Waals surface area contributed by atoms with Gasteiger partial charge in [0.15, 0.2) is 0 Å². The van der Waals surface area contributed by atoms with E-state index in [1.807, 2.05) is 0 Å². The topological polar surface area (TPSA) is 67.2 Å². The summed E-state index contributed by atoms with van der Waals surface area (Å²) in [5, 5.41) is 9.51. The van der Waals surface area contributed by atoms with Gasteiger partial charge < -0.3 is 15.2 Å². The van der Waals surface area contributed by atoms with Gasteiger partial charge >= 0.3 is 6.18 Å². The largest absolute Gasteiger partial charge is 0.416 e. The first-order chi connectivity index (χ1) is 13.3. The van der Waals surface area contributed by atoms with E-state index in [4.69, 9.17) is 4.52 Å². The number of nitrogens with zero attached hydrogens (tertiary/aromatic N) is 1. The van der Waals surface area contributed by atoms with Crippen molar-refractivity contribution in [3.05, 3.63) is 76.7 Å². The number of aryl methyl sites for hydroxylation is 2. The van der Waals surface area contributed by atoms with Crippen LogP contribution in [-0.2, 0) is 12.7 Å². The maximum absolute atomic E-state index is 12.9. The van der Waals surface area contributed by atoms with Gasteiger partial charge in [-0.2, -0.15) is 13.2 Å². The molecule has 2 N–H and O–H groups in total. The molecule has 8 heteroatoms. The van der Waals surface area contributed by atoms with Gasteiger partial charge in [-0.1, -0.05) is 23.4 Å². The van der Waals surface area contributed by atoms with Gasteiger partial charge in [0.2, 0.25) is 0 Å². The molecular weight excluding hydrogens is 371 g/mol. The SMILES string of the molecule is Cc1noc(C)c1CNC(=O)c1ccccc1Nc1cccc(C(F)(F)F)c1. The summed E-state index contributed by atoms with van der Waals surface area (Å²) in [5.41, 5.74) is 1.66. The minimum atomic E-state index is -4.44. The van der Waals surface area contributed by atoms with Gasteiger partial charge in [-0.05, 0) is 44.2 Å². The highest BCUT2D eigenvalue weighted by molar-refractivity contribution is 6.00. The standard InChI is InChI=1S/C20H18F3N3O2/c1-12-17(13(2)28-26-12)11-24-19(27)16-8-3-4-9-18(16)25-15-7-5-6-14(10-15)20(21,22)23/h3-10,25H,11H2,1-2H3,(H,24,27). The molecule has 0 aliphatic carbocycles. The number of benzene rings is 2. The van der Waals surface area contributed by atoms with Gasteiger partial charge in [0, 0.05) is 17.8 Å². The van der Waals surface area contributed by atoms with Crippen LogP contribution in [0.2, 0.25) is 0 Å². The number of rotatable bonds is 5. The van der Waals surface area contributed by atoms with Crippen molar-refractivity contribution in [3.63, 3.8) is 0 Å². The third-order valence-electron chi connectivity index (χ3n) is 4.25. The molecule has 5 nitrogen and oxygen atoms in total. The number of nitrogens with one attached hydrogen (secondary N) is 2. The first-order valence-corrected chi connectivity index (χ1v) is 8.49. The molecule has 0 unspecified atom stereocenters. The minimum Gasteiger partial charge on any atom is -0.361 e. The lowest BCUT2D eigenvalue weighted by atomic mass is 10.1. The van der Waals surface area contributed by atoms with Crippen LogP contribution in [0.4, 0.5) is 24.5 Å². The Labute approximate surface area is 159 Å². The maximum Gasteiger partial charge on any atom is 0.416 e. The predicted octanol–water partition coefficient (Wildman–Crippen LogP) is 4.98. The number of halogens is 3. The molecule has 0 radical (unpaired) electrons. The molecule has 0 saturated carbocycles. The molecule has 0 aliphatic heterocycles. The zero-order valence-corrected chi connectivity index (χ0v) is 15.2. The fourth-order valence-corrected chi connectivity index (χ4v) is 2.74. The molecule has 1 aromatic heterocycles. The number of hydrogen-bond donors (Lipinski definition) is 2. The number of carbonyl (C=O) groups is 1. The lowest BCUT2D eigenvalue weighted by Crippen LogP contribution is -2.24. The molecule has 3 rings (SSSR count). The zero-order chi connectivity index (χ0) is 20.3. The van der Waals surface area contributed by atoms with E-state index < -0.39 is 11.7 Å². The quantitative estimate of drug-likeness (QED) is 0.646. The Morgan fingerprint density at radius 1 is 1.11 bits per heavy atom. The van der Waals surface area contributed by atoms with E-state index in [1.54, 1.807) is 38.1 Å². The smallest absolute Gasteiger partial charge is 0.361 e. The molecule has 0 saturated heterocycles. The van der Waals surface area contributed by atoms with Crippen LogP contribution in [-0.4, -0.2) is 11.1 Å². The van der Waals surface area contributed by atoms with Crippen molar-refractivity contribution in [2.24, 2.45) is 0 Å². The highest BCUT2D eigenvalue weighted by Gasteiger charge is 2.30. The van der Waals surface area contributed by atoms with Crippen molar-refractivity contribution in [2.75, 3.05) is 5.32 Å². The van der Waals surface area contributed by atoms with Crippen LogP contribution >= 0.6 is 0 Å². The van der Waals surface area contributed by atoms with Crippen LogP contribution in [0.1, 0.15) is 32.9 Å². The summed E-state index contributed by atoms with van der Waals surface area (Å²) in [7, 11) is 0. The summed E-state index contributed by atoms with van der Waals surface area (Å²) in [6, 6.07) is 11.4. The van der Waals surface area contributed by atoms with Gasteiger partial charge in [0.25, 0.3) is 5.91 Å². The van der Waals surface area contributed by atoms with Crippen molar-refractivity contribution < 1.29 is 22.5 Å². The number of anilines is 2. The highest BCUT2D eigenvalue weighted by atomic mass is 19.4. The van der Waals surface area contributed by atoms with Gasteiger partial charge in [-0.25, -0.2) is 0 Å². The van der Waals surface area contributed by atoms with Crippen LogP contribution in [0.5, 0.6) is 0 Å². The molecule has 1 heterocycles. The monoisotopic (exact) mass is 389 g/mol. The third kappa shape index (κ3) is 4.33. The van der Waals surface area contributed by atoms with E-state index in [0.717, 1.165) is 17.7 Å².